The number of anilines is 1. The molecule has 0 radical (unpaired) electrons. The van der Waals surface area contributed by atoms with Crippen molar-refractivity contribution < 1.29 is 9.53 Å². The molecule has 0 aliphatic carbocycles. The third kappa shape index (κ3) is 3.28. The van der Waals surface area contributed by atoms with Crippen LogP contribution < -0.4 is 15.8 Å². The fourth-order valence-corrected chi connectivity index (χ4v) is 3.27. The maximum absolute atomic E-state index is 11.6. The van der Waals surface area contributed by atoms with Gasteiger partial charge in [-0.15, -0.1) is 5.10 Å². The zero-order valence-corrected chi connectivity index (χ0v) is 14.6. The lowest BCUT2D eigenvalue weighted by molar-refractivity contribution is -0.123. The minimum absolute atomic E-state index is 0.0576. The Morgan fingerprint density at radius 3 is 3.08 bits per heavy atom. The van der Waals surface area contributed by atoms with Crippen LogP contribution in [0.3, 0.4) is 0 Å². The van der Waals surface area contributed by atoms with E-state index in [-0.39, 0.29) is 11.8 Å². The fraction of sp³-hybridized carbons (Fsp3) is 0.294. The van der Waals surface area contributed by atoms with Gasteiger partial charge in [-0.2, -0.15) is 0 Å². The van der Waals surface area contributed by atoms with Crippen molar-refractivity contribution in [2.24, 2.45) is 5.92 Å². The van der Waals surface area contributed by atoms with Crippen LogP contribution in [-0.4, -0.2) is 32.2 Å². The molecule has 1 saturated heterocycles. The highest BCUT2D eigenvalue weighted by Gasteiger charge is 2.23. The molecule has 8 nitrogen and oxygen atoms in total. The largest absolute Gasteiger partial charge is 0.437 e. The normalized spacial score (nSPS) is 17.3. The highest BCUT2D eigenvalue weighted by atomic mass is 35.5. The number of nitrogen functional groups attached to an aromatic ring is 1. The number of nitrogens with one attached hydrogen (secondary N) is 1. The summed E-state index contributed by atoms with van der Waals surface area (Å²) in [5.41, 5.74) is 6.62. The van der Waals surface area contributed by atoms with E-state index >= 15 is 0 Å². The van der Waals surface area contributed by atoms with Crippen LogP contribution in [0, 0.1) is 5.92 Å². The Kier molecular flexibility index (Phi) is 4.34. The third-order valence-electron chi connectivity index (χ3n) is 4.32. The third-order valence-corrected chi connectivity index (χ3v) is 4.55. The van der Waals surface area contributed by atoms with Crippen LogP contribution in [0.4, 0.5) is 5.82 Å². The van der Waals surface area contributed by atoms with Gasteiger partial charge in [-0.3, -0.25) is 4.79 Å². The molecule has 0 spiro atoms. The Morgan fingerprint density at radius 1 is 1.38 bits per heavy atom. The van der Waals surface area contributed by atoms with Gasteiger partial charge < -0.3 is 15.8 Å². The molecule has 4 rings (SSSR count). The SMILES string of the molecule is Nc1ncnc2c1c(Oc1cccc(Cl)c1)nn2CC1CCNC(=O)C1. The highest BCUT2D eigenvalue weighted by molar-refractivity contribution is 6.30. The van der Waals surface area contributed by atoms with Gasteiger partial charge in [-0.1, -0.05) is 17.7 Å². The smallest absolute Gasteiger partial charge is 0.251 e. The lowest BCUT2D eigenvalue weighted by Crippen LogP contribution is -2.35. The molecular formula is C17H17ClN6O2. The monoisotopic (exact) mass is 372 g/mol. The van der Waals surface area contributed by atoms with Gasteiger partial charge in [-0.05, 0) is 30.5 Å². The number of rotatable bonds is 4. The summed E-state index contributed by atoms with van der Waals surface area (Å²) in [7, 11) is 0. The molecule has 2 aromatic heterocycles. The number of aromatic nitrogens is 4. The number of fused-ring (bicyclic) bond motifs is 1. The van der Waals surface area contributed by atoms with Crippen LogP contribution in [0.2, 0.25) is 5.02 Å². The summed E-state index contributed by atoms with van der Waals surface area (Å²) in [5.74, 6) is 1.40. The molecule has 1 unspecified atom stereocenters. The Labute approximate surface area is 154 Å². The Morgan fingerprint density at radius 2 is 2.27 bits per heavy atom. The molecule has 3 aromatic rings. The van der Waals surface area contributed by atoms with E-state index in [2.05, 4.69) is 20.4 Å². The number of amides is 1. The number of nitrogens with zero attached hydrogens (tertiary/aromatic N) is 4. The van der Waals surface area contributed by atoms with Crippen molar-refractivity contribution in [1.29, 1.82) is 0 Å². The summed E-state index contributed by atoms with van der Waals surface area (Å²) in [5, 5.41) is 8.47. The molecule has 0 saturated carbocycles. The first-order chi connectivity index (χ1) is 12.6. The van der Waals surface area contributed by atoms with Crippen molar-refractivity contribution in [3.8, 4) is 11.6 Å². The van der Waals surface area contributed by atoms with Crippen LogP contribution >= 0.6 is 11.6 Å². The Hall–Kier alpha value is -2.87. The van der Waals surface area contributed by atoms with Gasteiger partial charge in [0.05, 0.1) is 0 Å². The number of nitrogens with two attached hydrogens (primary N) is 1. The molecule has 1 fully saturated rings. The van der Waals surface area contributed by atoms with Crippen molar-refractivity contribution in [2.75, 3.05) is 12.3 Å². The van der Waals surface area contributed by atoms with Crippen molar-refractivity contribution >= 4 is 34.4 Å². The molecule has 1 amide bonds. The average Bonchev–Trinajstić information content (AvgIpc) is 2.94. The van der Waals surface area contributed by atoms with E-state index in [9.17, 15) is 4.79 Å². The van der Waals surface area contributed by atoms with Gasteiger partial charge in [0.15, 0.2) is 5.65 Å². The zero-order valence-electron chi connectivity index (χ0n) is 13.9. The molecule has 134 valence electrons. The first kappa shape index (κ1) is 16.6. The fourth-order valence-electron chi connectivity index (χ4n) is 3.09. The summed E-state index contributed by atoms with van der Waals surface area (Å²) >= 11 is 6.02. The van der Waals surface area contributed by atoms with Crippen molar-refractivity contribution in [3.05, 3.63) is 35.6 Å². The van der Waals surface area contributed by atoms with Gasteiger partial charge in [0.1, 0.15) is 23.3 Å². The molecule has 3 N–H and O–H groups in total. The summed E-state index contributed by atoms with van der Waals surface area (Å²) < 4.78 is 7.62. The van der Waals surface area contributed by atoms with E-state index in [0.717, 1.165) is 6.42 Å². The Balaban J connectivity index is 1.70. The van der Waals surface area contributed by atoms with Gasteiger partial charge >= 0.3 is 0 Å². The molecule has 3 heterocycles. The van der Waals surface area contributed by atoms with E-state index in [1.807, 2.05) is 0 Å². The number of carbonyl (C=O) groups excluding carboxylic acids is 1. The minimum Gasteiger partial charge on any atom is -0.437 e. The van der Waals surface area contributed by atoms with E-state index < -0.39 is 0 Å². The molecule has 1 atom stereocenters. The van der Waals surface area contributed by atoms with Gasteiger partial charge in [0.25, 0.3) is 5.88 Å². The van der Waals surface area contributed by atoms with Crippen LogP contribution in [0.5, 0.6) is 11.6 Å². The number of piperidine rings is 1. The van der Waals surface area contributed by atoms with Crippen LogP contribution in [0.15, 0.2) is 30.6 Å². The topological polar surface area (TPSA) is 108 Å². The predicted molar refractivity (Wildman–Crippen MR) is 97.0 cm³/mol. The van der Waals surface area contributed by atoms with Gasteiger partial charge in [0.2, 0.25) is 5.91 Å². The number of benzene rings is 1. The standard InChI is InChI=1S/C17H17ClN6O2/c18-11-2-1-3-12(7-11)26-17-14-15(19)21-9-22-16(14)24(23-17)8-10-4-5-20-13(25)6-10/h1-3,7,9-10H,4-6,8H2,(H,20,25)(H2,19,21,22). The van der Waals surface area contributed by atoms with E-state index in [1.54, 1.807) is 28.9 Å². The number of ether oxygens (including phenoxy) is 1. The molecule has 26 heavy (non-hydrogen) atoms. The first-order valence-electron chi connectivity index (χ1n) is 8.27. The van der Waals surface area contributed by atoms with E-state index in [1.165, 1.54) is 6.33 Å². The second kappa shape index (κ2) is 6.80. The number of halogens is 1. The van der Waals surface area contributed by atoms with Gasteiger partial charge in [-0.25, -0.2) is 14.6 Å². The predicted octanol–water partition coefficient (Wildman–Crippen LogP) is 2.38. The molecule has 0 bridgehead atoms. The van der Waals surface area contributed by atoms with Crippen molar-refractivity contribution in [2.45, 2.75) is 19.4 Å². The van der Waals surface area contributed by atoms with Crippen LogP contribution in [0.25, 0.3) is 11.0 Å². The second-order valence-corrected chi connectivity index (χ2v) is 6.65. The van der Waals surface area contributed by atoms with Crippen LogP contribution in [0.1, 0.15) is 12.8 Å². The first-order valence-corrected chi connectivity index (χ1v) is 8.65. The van der Waals surface area contributed by atoms with E-state index in [0.29, 0.717) is 53.0 Å². The quantitative estimate of drug-likeness (QED) is 0.728. The van der Waals surface area contributed by atoms with Crippen LogP contribution in [-0.2, 0) is 11.3 Å². The summed E-state index contributed by atoms with van der Waals surface area (Å²) in [4.78, 5) is 20.0. The molecule has 1 aliphatic rings. The molecular weight excluding hydrogens is 356 g/mol. The van der Waals surface area contributed by atoms with Gasteiger partial charge in [0, 0.05) is 24.5 Å². The maximum Gasteiger partial charge on any atom is 0.251 e. The zero-order chi connectivity index (χ0) is 18.1. The van der Waals surface area contributed by atoms with Crippen molar-refractivity contribution in [3.63, 3.8) is 0 Å². The lowest BCUT2D eigenvalue weighted by Gasteiger charge is -2.21. The second-order valence-electron chi connectivity index (χ2n) is 6.21. The number of carbonyl (C=O) groups is 1. The minimum atomic E-state index is 0.0576. The lowest BCUT2D eigenvalue weighted by atomic mass is 9.98. The molecule has 1 aliphatic heterocycles. The Bertz CT molecular complexity index is 973. The molecule has 9 heteroatoms. The van der Waals surface area contributed by atoms with E-state index in [4.69, 9.17) is 22.1 Å². The van der Waals surface area contributed by atoms with Crippen molar-refractivity contribution in [1.82, 2.24) is 25.1 Å². The summed E-state index contributed by atoms with van der Waals surface area (Å²) in [6.07, 6.45) is 2.75. The average molecular weight is 373 g/mol. The number of hydrogen-bond donors (Lipinski definition) is 2. The number of hydrogen-bond acceptors (Lipinski definition) is 6. The highest BCUT2D eigenvalue weighted by Crippen LogP contribution is 2.32. The molecule has 1 aromatic carbocycles. The summed E-state index contributed by atoms with van der Waals surface area (Å²) in [6, 6.07) is 7.02. The maximum atomic E-state index is 11.6. The summed E-state index contributed by atoms with van der Waals surface area (Å²) in [6.45, 7) is 1.23.